The van der Waals surface area contributed by atoms with Crippen molar-refractivity contribution in [3.05, 3.63) is 0 Å². The van der Waals surface area contributed by atoms with Gasteiger partial charge in [-0.3, -0.25) is 0 Å². The van der Waals surface area contributed by atoms with Crippen LogP contribution in [0.2, 0.25) is 0 Å². The van der Waals surface area contributed by atoms with Gasteiger partial charge in [0.1, 0.15) is 0 Å². The van der Waals surface area contributed by atoms with Crippen molar-refractivity contribution in [1.29, 1.82) is 0 Å². The van der Waals surface area contributed by atoms with Crippen LogP contribution in [0.3, 0.4) is 0 Å². The van der Waals surface area contributed by atoms with Crippen LogP contribution < -0.4 is 0 Å². The minimum absolute atomic E-state index is 0.663. The van der Waals surface area contributed by atoms with E-state index >= 15 is 0 Å². The van der Waals surface area contributed by atoms with Crippen LogP contribution in [0, 0.1) is 35.0 Å². The van der Waals surface area contributed by atoms with E-state index in [9.17, 15) is 0 Å². The average Bonchev–Trinajstić information content (AvgIpc) is 2.42. The van der Waals surface area contributed by atoms with Crippen molar-refractivity contribution in [2.75, 3.05) is 0 Å². The minimum atomic E-state index is 0.663. The molecule has 1 aliphatic rings. The van der Waals surface area contributed by atoms with Gasteiger partial charge < -0.3 is 0 Å². The summed E-state index contributed by atoms with van der Waals surface area (Å²) in [6.07, 6.45) is 11.4. The van der Waals surface area contributed by atoms with Gasteiger partial charge in [0, 0.05) is 0 Å². The van der Waals surface area contributed by atoms with Gasteiger partial charge in [-0.15, -0.1) is 0 Å². The molecule has 0 amide bonds. The highest BCUT2D eigenvalue weighted by Crippen LogP contribution is 2.64. The zero-order valence-corrected chi connectivity index (χ0v) is 16.0. The molecule has 1 fully saturated rings. The fourth-order valence-corrected chi connectivity index (χ4v) is 5.81. The van der Waals surface area contributed by atoms with E-state index in [2.05, 4.69) is 48.5 Å². The van der Waals surface area contributed by atoms with Crippen molar-refractivity contribution in [1.82, 2.24) is 0 Å². The van der Waals surface area contributed by atoms with Gasteiger partial charge in [0.25, 0.3) is 0 Å². The quantitative estimate of drug-likeness (QED) is 0.395. The molecule has 1 aliphatic carbocycles. The first-order valence-corrected chi connectivity index (χ1v) is 9.97. The first-order chi connectivity index (χ1) is 9.97. The predicted molar refractivity (Wildman–Crippen MR) is 96.5 cm³/mol. The monoisotopic (exact) mass is 294 g/mol. The summed E-state index contributed by atoms with van der Waals surface area (Å²) in [5, 5.41) is 0. The SMILES string of the molecule is CCCCC1CC(C(CC)CC)C1(CC)C(C)CC(C)C. The highest BCUT2D eigenvalue weighted by Gasteiger charge is 2.56. The number of rotatable bonds is 10. The lowest BCUT2D eigenvalue weighted by Crippen LogP contribution is -2.55. The van der Waals surface area contributed by atoms with Crippen LogP contribution in [0.5, 0.6) is 0 Å². The highest BCUT2D eigenvalue weighted by molar-refractivity contribution is 5.05. The third-order valence-electron chi connectivity index (χ3n) is 6.87. The maximum atomic E-state index is 2.58. The zero-order chi connectivity index (χ0) is 16.0. The summed E-state index contributed by atoms with van der Waals surface area (Å²) in [4.78, 5) is 0. The van der Waals surface area contributed by atoms with Gasteiger partial charge in [0.2, 0.25) is 0 Å². The molecule has 0 aromatic carbocycles. The minimum Gasteiger partial charge on any atom is -0.0654 e. The molecule has 1 rings (SSSR count). The van der Waals surface area contributed by atoms with Gasteiger partial charge in [-0.2, -0.15) is 0 Å². The standard InChI is InChI=1S/C21H42/c1-8-12-13-19-15-20(18(9-2)10-3)21(19,11-4)17(7)14-16(5)6/h16-20H,8-15H2,1-7H3. The van der Waals surface area contributed by atoms with E-state index in [0.717, 1.165) is 29.6 Å². The summed E-state index contributed by atoms with van der Waals surface area (Å²) in [6, 6.07) is 0. The van der Waals surface area contributed by atoms with Crippen LogP contribution >= 0.6 is 0 Å². The molecule has 0 bridgehead atoms. The van der Waals surface area contributed by atoms with E-state index in [4.69, 9.17) is 0 Å². The van der Waals surface area contributed by atoms with E-state index in [1.165, 1.54) is 51.4 Å². The van der Waals surface area contributed by atoms with E-state index < -0.39 is 0 Å². The van der Waals surface area contributed by atoms with Crippen LogP contribution in [0.15, 0.2) is 0 Å². The molecule has 0 nitrogen and oxygen atoms in total. The largest absolute Gasteiger partial charge is 0.0654 e. The summed E-state index contributed by atoms with van der Waals surface area (Å²) >= 11 is 0. The Kier molecular flexibility index (Phi) is 7.79. The van der Waals surface area contributed by atoms with Crippen molar-refractivity contribution in [3.8, 4) is 0 Å². The Morgan fingerprint density at radius 3 is 2.05 bits per heavy atom. The topological polar surface area (TPSA) is 0 Å². The smallest absolute Gasteiger partial charge is 0.0215 e. The molecule has 0 radical (unpaired) electrons. The second-order valence-corrected chi connectivity index (χ2v) is 8.25. The highest BCUT2D eigenvalue weighted by atomic mass is 14.6. The fourth-order valence-electron chi connectivity index (χ4n) is 5.81. The van der Waals surface area contributed by atoms with Crippen molar-refractivity contribution >= 4 is 0 Å². The summed E-state index contributed by atoms with van der Waals surface area (Å²) in [7, 11) is 0. The molecule has 0 heterocycles. The Morgan fingerprint density at radius 2 is 1.62 bits per heavy atom. The first kappa shape index (κ1) is 19.0. The van der Waals surface area contributed by atoms with Gasteiger partial charge >= 0.3 is 0 Å². The number of unbranched alkanes of at least 4 members (excludes halogenated alkanes) is 1. The lowest BCUT2D eigenvalue weighted by molar-refractivity contribution is -0.139. The second-order valence-electron chi connectivity index (χ2n) is 8.25. The van der Waals surface area contributed by atoms with Crippen LogP contribution in [-0.4, -0.2) is 0 Å². The predicted octanol–water partition coefficient (Wildman–Crippen LogP) is 7.33. The van der Waals surface area contributed by atoms with E-state index in [-0.39, 0.29) is 0 Å². The molecule has 0 N–H and O–H groups in total. The maximum Gasteiger partial charge on any atom is -0.0215 e. The van der Waals surface area contributed by atoms with Crippen LogP contribution in [0.4, 0.5) is 0 Å². The lowest BCUT2D eigenvalue weighted by Gasteiger charge is -2.63. The van der Waals surface area contributed by atoms with Gasteiger partial charge in [-0.1, -0.05) is 74.1 Å². The van der Waals surface area contributed by atoms with Crippen molar-refractivity contribution in [2.45, 2.75) is 99.8 Å². The molecule has 0 heteroatoms. The number of hydrogen-bond acceptors (Lipinski definition) is 0. The third-order valence-corrected chi connectivity index (χ3v) is 6.87. The second kappa shape index (κ2) is 8.59. The Morgan fingerprint density at radius 1 is 1.00 bits per heavy atom. The molecular formula is C21H42. The Bertz CT molecular complexity index is 276. The van der Waals surface area contributed by atoms with Crippen LogP contribution in [0.25, 0.3) is 0 Å². The molecule has 21 heavy (non-hydrogen) atoms. The van der Waals surface area contributed by atoms with Crippen LogP contribution in [-0.2, 0) is 0 Å². The first-order valence-electron chi connectivity index (χ1n) is 9.97. The van der Waals surface area contributed by atoms with E-state index in [0.29, 0.717) is 5.41 Å². The fraction of sp³-hybridized carbons (Fsp3) is 1.00. The van der Waals surface area contributed by atoms with E-state index in [1.54, 1.807) is 0 Å². The summed E-state index contributed by atoms with van der Waals surface area (Å²) in [6.45, 7) is 17.1. The van der Waals surface area contributed by atoms with E-state index in [1.807, 2.05) is 0 Å². The molecule has 4 atom stereocenters. The summed E-state index contributed by atoms with van der Waals surface area (Å²) in [5.41, 5.74) is 0.663. The molecule has 0 spiro atoms. The molecule has 0 aliphatic heterocycles. The molecular weight excluding hydrogens is 252 g/mol. The van der Waals surface area contributed by atoms with Gasteiger partial charge in [-0.25, -0.2) is 0 Å². The molecule has 4 unspecified atom stereocenters. The third kappa shape index (κ3) is 3.85. The summed E-state index contributed by atoms with van der Waals surface area (Å²) in [5.74, 6) is 4.74. The molecule has 0 saturated heterocycles. The number of hydrogen-bond donors (Lipinski definition) is 0. The maximum absolute atomic E-state index is 2.58. The Balaban J connectivity index is 2.95. The van der Waals surface area contributed by atoms with Crippen molar-refractivity contribution < 1.29 is 0 Å². The van der Waals surface area contributed by atoms with Crippen LogP contribution in [0.1, 0.15) is 99.8 Å². The average molecular weight is 295 g/mol. The van der Waals surface area contributed by atoms with Gasteiger partial charge in [0.05, 0.1) is 0 Å². The van der Waals surface area contributed by atoms with Gasteiger partial charge in [-0.05, 0) is 60.7 Å². The Labute approximate surface area is 135 Å². The van der Waals surface area contributed by atoms with Crippen molar-refractivity contribution in [2.24, 2.45) is 35.0 Å². The summed E-state index contributed by atoms with van der Waals surface area (Å²) < 4.78 is 0. The molecule has 0 aromatic heterocycles. The normalized spacial score (nSPS) is 30.7. The molecule has 1 saturated carbocycles. The van der Waals surface area contributed by atoms with Gasteiger partial charge in [0.15, 0.2) is 0 Å². The zero-order valence-electron chi connectivity index (χ0n) is 16.0. The molecule has 0 aromatic rings. The molecule has 126 valence electrons. The lowest BCUT2D eigenvalue weighted by atomic mass is 9.42. The van der Waals surface area contributed by atoms with Crippen molar-refractivity contribution in [3.63, 3.8) is 0 Å². The Hall–Kier alpha value is 0.